The highest BCUT2D eigenvalue weighted by molar-refractivity contribution is 6.42. The molecule has 0 aliphatic carbocycles. The van der Waals surface area contributed by atoms with E-state index in [1.807, 2.05) is 0 Å². The molecule has 1 heterocycles. The Labute approximate surface area is 193 Å². The van der Waals surface area contributed by atoms with Crippen LogP contribution in [0, 0.1) is 6.92 Å². The maximum Gasteiger partial charge on any atom is 0.315 e. The Morgan fingerprint density at radius 1 is 1.00 bits per heavy atom. The highest BCUT2D eigenvalue weighted by atomic mass is 35.5. The number of rotatable bonds is 4. The molecule has 7 heteroatoms. The van der Waals surface area contributed by atoms with Gasteiger partial charge in [0.25, 0.3) is 0 Å². The van der Waals surface area contributed by atoms with Crippen molar-refractivity contribution < 1.29 is 19.1 Å². The first-order chi connectivity index (χ1) is 14.8. The predicted molar refractivity (Wildman–Crippen MR) is 121 cm³/mol. The number of allylic oxidation sites excluding steroid dienone is 1. The van der Waals surface area contributed by atoms with E-state index in [-0.39, 0.29) is 18.0 Å². The number of carbonyl (C=O) groups excluding carboxylic acids is 2. The number of esters is 1. The second-order valence-corrected chi connectivity index (χ2v) is 8.25. The predicted octanol–water partition coefficient (Wildman–Crippen LogP) is 6.72. The molecule has 0 atom stereocenters. The maximum absolute atomic E-state index is 12.8. The summed E-state index contributed by atoms with van der Waals surface area (Å²) in [6.07, 6.45) is 1.69. The van der Waals surface area contributed by atoms with E-state index in [1.165, 1.54) is 6.07 Å². The molecule has 0 N–H and O–H groups in total. The SMILES string of the molecule is Cc1cc(OC(=O)Cc2ccc(Cl)cc2)cc2c1C(=O)/C(=C/c1ccc(Cl)c(Cl)c1)O2. The molecule has 156 valence electrons. The van der Waals surface area contributed by atoms with Crippen LogP contribution in [0.3, 0.4) is 0 Å². The number of ether oxygens (including phenoxy) is 2. The molecular weight excluding hydrogens is 459 g/mol. The van der Waals surface area contributed by atoms with Crippen LogP contribution in [-0.2, 0) is 11.2 Å². The van der Waals surface area contributed by atoms with Gasteiger partial charge >= 0.3 is 5.97 Å². The Balaban J connectivity index is 1.54. The van der Waals surface area contributed by atoms with Crippen LogP contribution in [0.25, 0.3) is 6.08 Å². The minimum atomic E-state index is -0.433. The highest BCUT2D eigenvalue weighted by Crippen LogP contribution is 2.38. The number of ketones is 1. The normalized spacial score (nSPS) is 13.8. The number of carbonyl (C=O) groups is 2. The van der Waals surface area contributed by atoms with Gasteiger partial charge in [0.05, 0.1) is 22.0 Å². The quantitative estimate of drug-likeness (QED) is 0.240. The van der Waals surface area contributed by atoms with Gasteiger partial charge in [-0.1, -0.05) is 53.0 Å². The summed E-state index contributed by atoms with van der Waals surface area (Å²) in [6, 6.07) is 15.2. The Bertz CT molecular complexity index is 1230. The van der Waals surface area contributed by atoms with Crippen molar-refractivity contribution in [3.05, 3.63) is 97.7 Å². The van der Waals surface area contributed by atoms with Crippen LogP contribution >= 0.6 is 34.8 Å². The zero-order chi connectivity index (χ0) is 22.1. The molecule has 0 unspecified atom stereocenters. The molecular formula is C24H15Cl3O4. The Kier molecular flexibility index (Phi) is 6.05. The first-order valence-electron chi connectivity index (χ1n) is 9.29. The minimum absolute atomic E-state index is 0.0928. The summed E-state index contributed by atoms with van der Waals surface area (Å²) in [5.74, 6) is 0.112. The molecule has 0 radical (unpaired) electrons. The highest BCUT2D eigenvalue weighted by Gasteiger charge is 2.30. The first kappa shape index (κ1) is 21.4. The second-order valence-electron chi connectivity index (χ2n) is 7.00. The molecule has 1 aliphatic rings. The number of Topliss-reactive ketones (excluding diaryl/α,β-unsaturated/α-hetero) is 1. The van der Waals surface area contributed by atoms with E-state index in [4.69, 9.17) is 44.3 Å². The van der Waals surface area contributed by atoms with E-state index in [9.17, 15) is 9.59 Å². The largest absolute Gasteiger partial charge is 0.452 e. The molecule has 0 saturated heterocycles. The van der Waals surface area contributed by atoms with Gasteiger partial charge in [0, 0.05) is 11.1 Å². The molecule has 0 spiro atoms. The molecule has 0 saturated carbocycles. The van der Waals surface area contributed by atoms with Crippen molar-refractivity contribution in [2.24, 2.45) is 0 Å². The topological polar surface area (TPSA) is 52.6 Å². The molecule has 0 bridgehead atoms. The molecule has 0 aromatic heterocycles. The van der Waals surface area contributed by atoms with Gasteiger partial charge in [0.15, 0.2) is 5.76 Å². The number of aryl methyl sites for hydroxylation is 1. The van der Waals surface area contributed by atoms with Gasteiger partial charge in [-0.2, -0.15) is 0 Å². The van der Waals surface area contributed by atoms with Crippen molar-refractivity contribution in [3.63, 3.8) is 0 Å². The minimum Gasteiger partial charge on any atom is -0.452 e. The van der Waals surface area contributed by atoms with Crippen LogP contribution in [0.2, 0.25) is 15.1 Å². The van der Waals surface area contributed by atoms with Gasteiger partial charge in [-0.25, -0.2) is 0 Å². The fourth-order valence-electron chi connectivity index (χ4n) is 3.23. The lowest BCUT2D eigenvalue weighted by molar-refractivity contribution is -0.133. The molecule has 0 amide bonds. The Morgan fingerprint density at radius 3 is 2.45 bits per heavy atom. The third-order valence-corrected chi connectivity index (χ3v) is 5.67. The zero-order valence-electron chi connectivity index (χ0n) is 16.2. The number of hydrogen-bond acceptors (Lipinski definition) is 4. The van der Waals surface area contributed by atoms with Crippen molar-refractivity contribution in [2.45, 2.75) is 13.3 Å². The summed E-state index contributed by atoms with van der Waals surface area (Å²) in [4.78, 5) is 25.1. The van der Waals surface area contributed by atoms with Crippen molar-refractivity contribution in [1.29, 1.82) is 0 Å². The first-order valence-corrected chi connectivity index (χ1v) is 10.4. The van der Waals surface area contributed by atoms with Gasteiger partial charge in [-0.15, -0.1) is 0 Å². The zero-order valence-corrected chi connectivity index (χ0v) is 18.5. The van der Waals surface area contributed by atoms with Crippen LogP contribution in [0.1, 0.15) is 27.0 Å². The third-order valence-electron chi connectivity index (χ3n) is 4.68. The number of benzene rings is 3. The van der Waals surface area contributed by atoms with Crippen molar-refractivity contribution in [3.8, 4) is 11.5 Å². The number of halogens is 3. The van der Waals surface area contributed by atoms with Gasteiger partial charge in [-0.3, -0.25) is 9.59 Å². The second kappa shape index (κ2) is 8.75. The van der Waals surface area contributed by atoms with Crippen LogP contribution < -0.4 is 9.47 Å². The standard InChI is InChI=1S/C24H15Cl3O4/c1-13-8-17(30-22(28)11-14-2-5-16(25)6-3-14)12-20-23(13)24(29)21(31-20)10-15-4-7-18(26)19(27)9-15/h2-10,12H,11H2,1H3/b21-10-. The summed E-state index contributed by atoms with van der Waals surface area (Å²) >= 11 is 17.8. The molecule has 3 aromatic rings. The summed E-state index contributed by atoms with van der Waals surface area (Å²) < 4.78 is 11.2. The van der Waals surface area contributed by atoms with E-state index in [0.717, 1.165) is 5.56 Å². The molecule has 31 heavy (non-hydrogen) atoms. The Hall–Kier alpha value is -2.79. The van der Waals surface area contributed by atoms with Gasteiger partial charge in [0.1, 0.15) is 11.5 Å². The van der Waals surface area contributed by atoms with Gasteiger partial charge in [0.2, 0.25) is 5.78 Å². The fourth-order valence-corrected chi connectivity index (χ4v) is 3.66. The Morgan fingerprint density at radius 2 is 1.74 bits per heavy atom. The fraction of sp³-hybridized carbons (Fsp3) is 0.0833. The average molecular weight is 474 g/mol. The summed E-state index contributed by atoms with van der Waals surface area (Å²) in [7, 11) is 0. The average Bonchev–Trinajstić information content (AvgIpc) is 3.02. The summed E-state index contributed by atoms with van der Waals surface area (Å²) in [5.41, 5.74) is 2.54. The summed E-state index contributed by atoms with van der Waals surface area (Å²) in [5, 5.41) is 1.40. The number of hydrogen-bond donors (Lipinski definition) is 0. The van der Waals surface area contributed by atoms with E-state index < -0.39 is 5.97 Å². The lowest BCUT2D eigenvalue weighted by Crippen LogP contribution is -2.11. The van der Waals surface area contributed by atoms with Gasteiger partial charge < -0.3 is 9.47 Å². The molecule has 0 fully saturated rings. The molecule has 4 nitrogen and oxygen atoms in total. The maximum atomic E-state index is 12.8. The van der Waals surface area contributed by atoms with E-state index in [2.05, 4.69) is 0 Å². The third kappa shape index (κ3) is 4.77. The van der Waals surface area contributed by atoms with Crippen LogP contribution in [-0.4, -0.2) is 11.8 Å². The monoisotopic (exact) mass is 472 g/mol. The van der Waals surface area contributed by atoms with Crippen molar-refractivity contribution in [2.75, 3.05) is 0 Å². The van der Waals surface area contributed by atoms with E-state index >= 15 is 0 Å². The van der Waals surface area contributed by atoms with Crippen molar-refractivity contribution in [1.82, 2.24) is 0 Å². The lowest BCUT2D eigenvalue weighted by atomic mass is 10.0. The van der Waals surface area contributed by atoms with Crippen LogP contribution in [0.15, 0.2) is 60.4 Å². The van der Waals surface area contributed by atoms with Crippen LogP contribution in [0.5, 0.6) is 11.5 Å². The van der Waals surface area contributed by atoms with E-state index in [0.29, 0.717) is 43.3 Å². The van der Waals surface area contributed by atoms with Gasteiger partial charge in [-0.05, 0) is 60.0 Å². The lowest BCUT2D eigenvalue weighted by Gasteiger charge is -2.08. The van der Waals surface area contributed by atoms with E-state index in [1.54, 1.807) is 61.5 Å². The van der Waals surface area contributed by atoms with Crippen LogP contribution in [0.4, 0.5) is 0 Å². The smallest absolute Gasteiger partial charge is 0.315 e. The molecule has 1 aliphatic heterocycles. The van der Waals surface area contributed by atoms with Crippen molar-refractivity contribution >= 4 is 52.6 Å². The summed E-state index contributed by atoms with van der Waals surface area (Å²) in [6.45, 7) is 1.76. The molecule has 4 rings (SSSR count). The molecule has 3 aromatic carbocycles. The number of fused-ring (bicyclic) bond motifs is 1.